The average molecular weight is 327 g/mol. The van der Waals surface area contributed by atoms with Gasteiger partial charge in [-0.25, -0.2) is 0 Å². The molecule has 0 radical (unpaired) electrons. The number of amides is 1. The minimum Gasteiger partial charge on any atom is -0.489 e. The Morgan fingerprint density at radius 2 is 2.14 bits per heavy atom. The molecule has 0 bridgehead atoms. The molecule has 0 atom stereocenters. The van der Waals surface area contributed by atoms with E-state index in [4.69, 9.17) is 26.8 Å². The molecule has 0 saturated carbocycles. The number of halogens is 1. The molecule has 0 unspecified atom stereocenters. The summed E-state index contributed by atoms with van der Waals surface area (Å²) in [5, 5.41) is 3.87. The molecule has 21 heavy (non-hydrogen) atoms. The Bertz CT molecular complexity index is 630. The maximum atomic E-state index is 12.1. The third-order valence-corrected chi connectivity index (χ3v) is 3.73. The Morgan fingerprint density at radius 3 is 2.81 bits per heavy atom. The highest BCUT2D eigenvalue weighted by Crippen LogP contribution is 2.29. The molecule has 2 aromatic rings. The molecule has 2 rings (SSSR count). The summed E-state index contributed by atoms with van der Waals surface area (Å²) in [4.78, 5) is 12.7. The minimum atomic E-state index is -0.254. The van der Waals surface area contributed by atoms with Gasteiger partial charge in [0.25, 0.3) is 5.91 Å². The second-order valence-corrected chi connectivity index (χ2v) is 5.69. The number of anilines is 2. The van der Waals surface area contributed by atoms with Crippen LogP contribution in [0.3, 0.4) is 0 Å². The van der Waals surface area contributed by atoms with Gasteiger partial charge in [0.1, 0.15) is 12.4 Å². The van der Waals surface area contributed by atoms with E-state index in [2.05, 4.69) is 5.32 Å². The fourth-order valence-corrected chi connectivity index (χ4v) is 2.46. The Balaban J connectivity index is 2.13. The van der Waals surface area contributed by atoms with E-state index in [9.17, 15) is 4.79 Å². The number of methoxy groups -OCH3 is 1. The average Bonchev–Trinajstić information content (AvgIpc) is 2.88. The zero-order chi connectivity index (χ0) is 15.2. The SMILES string of the molecule is COCCOc1ccc(Cl)cc1NC(=O)c1ccc(N)s1. The number of rotatable bonds is 6. The molecule has 1 aromatic carbocycles. The van der Waals surface area contributed by atoms with E-state index in [0.29, 0.717) is 39.6 Å². The van der Waals surface area contributed by atoms with Crippen LogP contribution in [0.5, 0.6) is 5.75 Å². The Kier molecular flexibility index (Phi) is 5.44. The van der Waals surface area contributed by atoms with E-state index >= 15 is 0 Å². The van der Waals surface area contributed by atoms with Crippen LogP contribution in [0, 0.1) is 0 Å². The highest BCUT2D eigenvalue weighted by atomic mass is 35.5. The highest BCUT2D eigenvalue weighted by molar-refractivity contribution is 7.17. The van der Waals surface area contributed by atoms with Crippen molar-refractivity contribution in [3.63, 3.8) is 0 Å². The standard InChI is InChI=1S/C14H15ClN2O3S/c1-19-6-7-20-11-3-2-9(15)8-10(11)17-14(18)12-4-5-13(16)21-12/h2-5,8H,6-7,16H2,1H3,(H,17,18). The quantitative estimate of drug-likeness (QED) is 0.799. The summed E-state index contributed by atoms with van der Waals surface area (Å²) in [7, 11) is 1.59. The Hall–Kier alpha value is -1.76. The van der Waals surface area contributed by atoms with Crippen molar-refractivity contribution < 1.29 is 14.3 Å². The zero-order valence-corrected chi connectivity index (χ0v) is 13.0. The van der Waals surface area contributed by atoms with Gasteiger partial charge >= 0.3 is 0 Å². The number of nitrogen functional groups attached to an aromatic ring is 1. The van der Waals surface area contributed by atoms with Crippen molar-refractivity contribution in [3.8, 4) is 5.75 Å². The predicted octanol–water partition coefficient (Wildman–Crippen LogP) is 3.26. The number of hydrogen-bond donors (Lipinski definition) is 2. The summed E-state index contributed by atoms with van der Waals surface area (Å²) >= 11 is 7.18. The van der Waals surface area contributed by atoms with Gasteiger partial charge in [0.2, 0.25) is 0 Å². The topological polar surface area (TPSA) is 73.6 Å². The van der Waals surface area contributed by atoms with Gasteiger partial charge in [-0.05, 0) is 30.3 Å². The maximum Gasteiger partial charge on any atom is 0.265 e. The van der Waals surface area contributed by atoms with E-state index in [1.165, 1.54) is 11.3 Å². The maximum absolute atomic E-state index is 12.1. The molecule has 1 amide bonds. The van der Waals surface area contributed by atoms with E-state index in [0.717, 1.165) is 0 Å². The first-order valence-electron chi connectivity index (χ1n) is 6.18. The van der Waals surface area contributed by atoms with Gasteiger partial charge < -0.3 is 20.5 Å². The molecule has 0 aliphatic heterocycles. The van der Waals surface area contributed by atoms with Gasteiger partial charge in [-0.15, -0.1) is 11.3 Å². The van der Waals surface area contributed by atoms with Crippen LogP contribution in [-0.4, -0.2) is 26.2 Å². The molecule has 0 spiro atoms. The smallest absolute Gasteiger partial charge is 0.265 e. The number of hydrogen-bond acceptors (Lipinski definition) is 5. The van der Waals surface area contributed by atoms with Gasteiger partial charge in [0.05, 0.1) is 22.2 Å². The highest BCUT2D eigenvalue weighted by Gasteiger charge is 2.12. The van der Waals surface area contributed by atoms with Crippen molar-refractivity contribution >= 4 is 39.5 Å². The normalized spacial score (nSPS) is 10.4. The summed E-state index contributed by atoms with van der Waals surface area (Å²) < 4.78 is 10.5. The van der Waals surface area contributed by atoms with Crippen LogP contribution < -0.4 is 15.8 Å². The summed E-state index contributed by atoms with van der Waals surface area (Å²) in [6.07, 6.45) is 0. The number of thiophene rings is 1. The first-order valence-corrected chi connectivity index (χ1v) is 7.37. The molecule has 0 fully saturated rings. The van der Waals surface area contributed by atoms with Crippen LogP contribution in [0.1, 0.15) is 9.67 Å². The molecular weight excluding hydrogens is 312 g/mol. The van der Waals surface area contributed by atoms with Crippen molar-refractivity contribution in [3.05, 3.63) is 40.2 Å². The largest absolute Gasteiger partial charge is 0.489 e. The third-order valence-electron chi connectivity index (χ3n) is 2.59. The first-order chi connectivity index (χ1) is 10.1. The number of nitrogens with one attached hydrogen (secondary N) is 1. The number of nitrogens with two attached hydrogens (primary N) is 1. The lowest BCUT2D eigenvalue weighted by atomic mass is 10.3. The van der Waals surface area contributed by atoms with E-state index in [-0.39, 0.29) is 5.91 Å². The Labute approximate surface area is 131 Å². The van der Waals surface area contributed by atoms with E-state index in [1.54, 1.807) is 37.4 Å². The fraction of sp³-hybridized carbons (Fsp3) is 0.214. The van der Waals surface area contributed by atoms with Gasteiger partial charge in [-0.3, -0.25) is 4.79 Å². The molecule has 0 saturated heterocycles. The lowest BCUT2D eigenvalue weighted by Gasteiger charge is -2.12. The second-order valence-electron chi connectivity index (χ2n) is 4.14. The number of ether oxygens (including phenoxy) is 2. The fourth-order valence-electron chi connectivity index (χ4n) is 1.62. The van der Waals surface area contributed by atoms with Crippen LogP contribution in [0.4, 0.5) is 10.7 Å². The van der Waals surface area contributed by atoms with Gasteiger partial charge in [0, 0.05) is 12.1 Å². The van der Waals surface area contributed by atoms with Crippen LogP contribution in [-0.2, 0) is 4.74 Å². The summed E-state index contributed by atoms with van der Waals surface area (Å²) in [6, 6.07) is 8.40. The summed E-state index contributed by atoms with van der Waals surface area (Å²) in [6.45, 7) is 0.838. The molecule has 0 aliphatic rings. The molecule has 1 aromatic heterocycles. The van der Waals surface area contributed by atoms with Crippen molar-refractivity contribution in [2.75, 3.05) is 31.4 Å². The predicted molar refractivity (Wildman–Crippen MR) is 85.5 cm³/mol. The van der Waals surface area contributed by atoms with Crippen LogP contribution >= 0.6 is 22.9 Å². The molecule has 112 valence electrons. The molecule has 5 nitrogen and oxygen atoms in total. The van der Waals surface area contributed by atoms with Crippen molar-refractivity contribution in [2.24, 2.45) is 0 Å². The Morgan fingerprint density at radius 1 is 1.33 bits per heavy atom. The van der Waals surface area contributed by atoms with Crippen molar-refractivity contribution in [2.45, 2.75) is 0 Å². The third kappa shape index (κ3) is 4.35. The summed E-state index contributed by atoms with van der Waals surface area (Å²) in [5.41, 5.74) is 6.13. The van der Waals surface area contributed by atoms with Crippen molar-refractivity contribution in [1.29, 1.82) is 0 Å². The number of carbonyl (C=O) groups is 1. The molecule has 7 heteroatoms. The molecule has 3 N–H and O–H groups in total. The molecule has 0 aliphatic carbocycles. The van der Waals surface area contributed by atoms with Crippen molar-refractivity contribution in [1.82, 2.24) is 0 Å². The van der Waals surface area contributed by atoms with Crippen LogP contribution in [0.25, 0.3) is 0 Å². The minimum absolute atomic E-state index is 0.254. The lowest BCUT2D eigenvalue weighted by Crippen LogP contribution is -2.12. The van der Waals surface area contributed by atoms with Crippen LogP contribution in [0.15, 0.2) is 30.3 Å². The van der Waals surface area contributed by atoms with Gasteiger partial charge in [-0.2, -0.15) is 0 Å². The lowest BCUT2D eigenvalue weighted by molar-refractivity contribution is 0.102. The number of carbonyl (C=O) groups excluding carboxylic acids is 1. The van der Waals surface area contributed by atoms with Gasteiger partial charge in [0.15, 0.2) is 0 Å². The van der Waals surface area contributed by atoms with E-state index < -0.39 is 0 Å². The second kappa shape index (κ2) is 7.31. The van der Waals surface area contributed by atoms with E-state index in [1.807, 2.05) is 0 Å². The van der Waals surface area contributed by atoms with Crippen LogP contribution in [0.2, 0.25) is 5.02 Å². The monoisotopic (exact) mass is 326 g/mol. The molecular formula is C14H15ClN2O3S. The zero-order valence-electron chi connectivity index (χ0n) is 11.4. The number of benzene rings is 1. The first kappa shape index (κ1) is 15.6. The van der Waals surface area contributed by atoms with Gasteiger partial charge in [-0.1, -0.05) is 11.6 Å². The summed E-state index contributed by atoms with van der Waals surface area (Å²) in [5.74, 6) is 0.282. The molecule has 1 heterocycles.